The third-order valence-electron chi connectivity index (χ3n) is 10.6. The fraction of sp³-hybridized carbons (Fsp3) is 0.314. The third-order valence-corrected chi connectivity index (χ3v) is 11.4. The fourth-order valence-corrected chi connectivity index (χ4v) is 8.86. The van der Waals surface area contributed by atoms with Crippen molar-refractivity contribution in [1.82, 2.24) is 0 Å². The van der Waals surface area contributed by atoms with Gasteiger partial charge in [0.25, 0.3) is 0 Å². The summed E-state index contributed by atoms with van der Waals surface area (Å²) in [4.78, 5) is 57.9. The Morgan fingerprint density at radius 3 is 2.08 bits per heavy atom. The molecule has 51 heavy (non-hydrogen) atoms. The number of anilines is 2. The molecule has 0 bridgehead atoms. The Bertz CT molecular complexity index is 2070. The molecule has 16 heteroatoms. The predicted molar refractivity (Wildman–Crippen MR) is 171 cm³/mol. The first-order valence-electron chi connectivity index (χ1n) is 15.4. The molecule has 6 atom stereocenters. The molecule has 0 radical (unpaired) electrons. The summed E-state index contributed by atoms with van der Waals surface area (Å²) in [5.41, 5.74) is -5.41. The second kappa shape index (κ2) is 11.6. The lowest BCUT2D eigenvalue weighted by atomic mass is 9.51. The van der Waals surface area contributed by atoms with Crippen LogP contribution in [0.2, 0.25) is 5.02 Å². The van der Waals surface area contributed by atoms with E-state index in [-0.39, 0.29) is 40.9 Å². The van der Waals surface area contributed by atoms with E-state index in [9.17, 15) is 55.0 Å². The average Bonchev–Trinajstić information content (AvgIpc) is 3.42. The van der Waals surface area contributed by atoms with Gasteiger partial charge in [0.1, 0.15) is 11.6 Å². The van der Waals surface area contributed by atoms with Crippen LogP contribution in [0.4, 0.5) is 42.1 Å². The van der Waals surface area contributed by atoms with E-state index >= 15 is 0 Å². The molecular formula is C35H23BrClF7N2O5. The number of phenolic OH excluding ortho intramolecular Hbond substituents is 1. The molecule has 2 aliphatic heterocycles. The number of nitrogens with zero attached hydrogens (tertiary/aromatic N) is 2. The summed E-state index contributed by atoms with van der Waals surface area (Å²) in [5, 5.41) is 10.8. The molecule has 2 heterocycles. The van der Waals surface area contributed by atoms with Gasteiger partial charge in [0.05, 0.1) is 50.7 Å². The molecule has 7 rings (SSSR count). The first kappa shape index (κ1) is 35.2. The second-order valence-electron chi connectivity index (χ2n) is 13.2. The molecule has 3 fully saturated rings. The number of imide groups is 2. The van der Waals surface area contributed by atoms with Crippen LogP contribution in [-0.2, 0) is 31.5 Å². The Morgan fingerprint density at radius 2 is 1.47 bits per heavy atom. The maximum absolute atomic E-state index is 14.5. The normalized spacial score (nSPS) is 27.8. The number of alkyl halides is 6. The monoisotopic (exact) mass is 798 g/mol. The van der Waals surface area contributed by atoms with Gasteiger partial charge in [-0.1, -0.05) is 39.2 Å². The molecule has 1 saturated carbocycles. The third kappa shape index (κ3) is 5.29. The minimum Gasteiger partial charge on any atom is -0.508 e. The van der Waals surface area contributed by atoms with Crippen LogP contribution < -0.4 is 9.80 Å². The Balaban J connectivity index is 1.37. The van der Waals surface area contributed by atoms with Gasteiger partial charge in [0.15, 0.2) is 0 Å². The highest BCUT2D eigenvalue weighted by molar-refractivity contribution is 9.10. The number of allylic oxidation sites excluding steroid dienone is 2. The molecule has 6 unspecified atom stereocenters. The zero-order valence-corrected chi connectivity index (χ0v) is 28.3. The lowest BCUT2D eigenvalue weighted by Crippen LogP contribution is -2.48. The van der Waals surface area contributed by atoms with Crippen LogP contribution in [0.5, 0.6) is 5.75 Å². The minimum absolute atomic E-state index is 0.0395. The molecule has 266 valence electrons. The number of rotatable bonds is 3. The fourth-order valence-electron chi connectivity index (χ4n) is 8.31. The van der Waals surface area contributed by atoms with Gasteiger partial charge < -0.3 is 5.11 Å². The summed E-state index contributed by atoms with van der Waals surface area (Å²) in [7, 11) is 0. The largest absolute Gasteiger partial charge is 0.508 e. The number of amides is 4. The van der Waals surface area contributed by atoms with Crippen molar-refractivity contribution in [3.8, 4) is 5.75 Å². The first-order valence-corrected chi connectivity index (χ1v) is 16.6. The highest BCUT2D eigenvalue weighted by Gasteiger charge is 2.68. The number of aromatic hydroxyl groups is 1. The molecule has 4 aliphatic rings. The molecule has 2 saturated heterocycles. The standard InChI is InChI=1S/C35H23BrClF7N2O5/c1-33-23(30(49)46(32(33)51)17-3-6-25(38)24(37)12-17)13-21-19(28(33)22-11-16(36)2-7-26(22)47)4-5-20-27(21)31(50)45(29(20)48)18-9-14(34(39,40)41)8-15(10-18)35(42,43)44/h2-4,6-12,20-21,23,27-28,47H,5,13H2,1H3. The lowest BCUT2D eigenvalue weighted by Gasteiger charge is -2.49. The number of carbonyl (C=O) groups excluding carboxylic acids is 4. The van der Waals surface area contributed by atoms with E-state index in [4.69, 9.17) is 11.6 Å². The Labute approximate surface area is 297 Å². The summed E-state index contributed by atoms with van der Waals surface area (Å²) in [6.07, 6.45) is -9.28. The second-order valence-corrected chi connectivity index (χ2v) is 14.6. The van der Waals surface area contributed by atoms with Gasteiger partial charge in [-0.15, -0.1) is 0 Å². The first-order chi connectivity index (χ1) is 23.7. The maximum atomic E-state index is 14.5. The summed E-state index contributed by atoms with van der Waals surface area (Å²) in [6, 6.07) is 8.18. The van der Waals surface area contributed by atoms with Crippen LogP contribution in [-0.4, -0.2) is 28.7 Å². The van der Waals surface area contributed by atoms with E-state index < -0.39 is 93.6 Å². The van der Waals surface area contributed by atoms with Gasteiger partial charge in [0, 0.05) is 16.0 Å². The van der Waals surface area contributed by atoms with Crippen molar-refractivity contribution < 1.29 is 55.0 Å². The predicted octanol–water partition coefficient (Wildman–Crippen LogP) is 8.42. The molecule has 0 spiro atoms. The zero-order chi connectivity index (χ0) is 37.1. The van der Waals surface area contributed by atoms with Crippen molar-refractivity contribution in [1.29, 1.82) is 0 Å². The Kier molecular flexibility index (Phi) is 8.03. The lowest BCUT2D eigenvalue weighted by molar-refractivity contribution is -0.143. The van der Waals surface area contributed by atoms with Crippen LogP contribution in [0.3, 0.4) is 0 Å². The molecule has 3 aromatic rings. The summed E-state index contributed by atoms with van der Waals surface area (Å²) < 4.78 is 97.1. The Morgan fingerprint density at radius 1 is 0.824 bits per heavy atom. The SMILES string of the molecule is CC12C(=O)N(c3ccc(F)c(Cl)c3)C(=O)C1CC1C(=CCC3C(=O)N(c4cc(C(F)(F)F)cc(C(F)(F)F)c4)C(=O)C31)C2c1cc(Br)ccc1O. The van der Waals surface area contributed by atoms with E-state index in [1.54, 1.807) is 6.08 Å². The van der Waals surface area contributed by atoms with Crippen LogP contribution in [0.1, 0.15) is 42.4 Å². The molecule has 3 aromatic carbocycles. The van der Waals surface area contributed by atoms with Gasteiger partial charge in [-0.2, -0.15) is 26.3 Å². The van der Waals surface area contributed by atoms with Crippen LogP contribution in [0.25, 0.3) is 0 Å². The molecular weight excluding hydrogens is 777 g/mol. The number of carbonyl (C=O) groups is 4. The minimum atomic E-state index is -5.24. The van der Waals surface area contributed by atoms with Crippen LogP contribution in [0, 0.1) is 34.9 Å². The van der Waals surface area contributed by atoms with Crippen molar-refractivity contribution in [2.45, 2.75) is 38.0 Å². The number of hydrogen-bond donors (Lipinski definition) is 1. The van der Waals surface area contributed by atoms with E-state index in [0.717, 1.165) is 17.0 Å². The highest BCUT2D eigenvalue weighted by Crippen LogP contribution is 2.64. The smallest absolute Gasteiger partial charge is 0.416 e. The Hall–Kier alpha value is -4.24. The topological polar surface area (TPSA) is 95.0 Å². The van der Waals surface area contributed by atoms with Gasteiger partial charge in [-0.3, -0.25) is 19.2 Å². The molecule has 2 aliphatic carbocycles. The average molecular weight is 800 g/mol. The van der Waals surface area contributed by atoms with Gasteiger partial charge in [0.2, 0.25) is 23.6 Å². The molecule has 7 nitrogen and oxygen atoms in total. The summed E-state index contributed by atoms with van der Waals surface area (Å²) >= 11 is 9.35. The number of hydrogen-bond acceptors (Lipinski definition) is 5. The number of fused-ring (bicyclic) bond motifs is 4. The van der Waals surface area contributed by atoms with E-state index in [1.165, 1.54) is 31.2 Å². The maximum Gasteiger partial charge on any atom is 0.416 e. The van der Waals surface area contributed by atoms with Crippen molar-refractivity contribution in [3.63, 3.8) is 0 Å². The van der Waals surface area contributed by atoms with Gasteiger partial charge in [-0.05, 0) is 80.3 Å². The van der Waals surface area contributed by atoms with Crippen LogP contribution >= 0.6 is 27.5 Å². The quantitative estimate of drug-likeness (QED) is 0.163. The molecule has 0 aromatic heterocycles. The van der Waals surface area contributed by atoms with E-state index in [1.807, 2.05) is 0 Å². The van der Waals surface area contributed by atoms with Crippen molar-refractivity contribution in [2.75, 3.05) is 9.80 Å². The number of benzene rings is 3. The van der Waals surface area contributed by atoms with E-state index in [2.05, 4.69) is 15.9 Å². The summed E-state index contributed by atoms with van der Waals surface area (Å²) in [5.74, 6) is -10.5. The molecule has 4 amide bonds. The van der Waals surface area contributed by atoms with Crippen molar-refractivity contribution in [2.24, 2.45) is 29.1 Å². The zero-order valence-electron chi connectivity index (χ0n) is 26.0. The summed E-state index contributed by atoms with van der Waals surface area (Å²) in [6.45, 7) is 1.52. The number of halogens is 9. The van der Waals surface area contributed by atoms with Crippen molar-refractivity contribution >= 4 is 62.5 Å². The van der Waals surface area contributed by atoms with Gasteiger partial charge in [-0.25, -0.2) is 14.2 Å². The van der Waals surface area contributed by atoms with Crippen LogP contribution in [0.15, 0.2) is 70.7 Å². The van der Waals surface area contributed by atoms with E-state index in [0.29, 0.717) is 27.1 Å². The number of phenols is 1. The van der Waals surface area contributed by atoms with Crippen molar-refractivity contribution in [3.05, 3.63) is 98.2 Å². The molecule has 1 N–H and O–H groups in total. The van der Waals surface area contributed by atoms with Gasteiger partial charge >= 0.3 is 12.4 Å². The highest BCUT2D eigenvalue weighted by atomic mass is 79.9.